The van der Waals surface area contributed by atoms with Crippen LogP contribution in [-0.2, 0) is 24.2 Å². The minimum absolute atomic E-state index is 0.00434. The number of aromatic nitrogens is 3. The normalized spacial score (nSPS) is 19.4. The molecule has 1 saturated heterocycles. The molecule has 0 N–H and O–H groups in total. The summed E-state index contributed by atoms with van der Waals surface area (Å²) >= 11 is 0. The van der Waals surface area contributed by atoms with Crippen molar-refractivity contribution in [1.82, 2.24) is 19.7 Å². The van der Waals surface area contributed by atoms with Crippen LogP contribution in [-0.4, -0.2) is 43.6 Å². The monoisotopic (exact) mass is 355 g/mol. The Labute approximate surface area is 151 Å². The van der Waals surface area contributed by atoms with Gasteiger partial charge in [-0.1, -0.05) is 18.2 Å². The van der Waals surface area contributed by atoms with E-state index in [1.807, 2.05) is 4.90 Å². The molecule has 0 saturated carbocycles. The number of benzene rings is 1. The summed E-state index contributed by atoms with van der Waals surface area (Å²) in [7, 11) is 0. The van der Waals surface area contributed by atoms with Crippen molar-refractivity contribution < 1.29 is 9.72 Å². The lowest BCUT2D eigenvalue weighted by Gasteiger charge is -2.32. The van der Waals surface area contributed by atoms with Crippen molar-refractivity contribution >= 4 is 11.6 Å². The second-order valence-electron chi connectivity index (χ2n) is 6.97. The summed E-state index contributed by atoms with van der Waals surface area (Å²) in [4.78, 5) is 25.3. The summed E-state index contributed by atoms with van der Waals surface area (Å²) in [5.74, 6) is 2.16. The van der Waals surface area contributed by atoms with Crippen LogP contribution in [0.25, 0.3) is 0 Å². The van der Waals surface area contributed by atoms with Crippen molar-refractivity contribution in [3.8, 4) is 0 Å². The Morgan fingerprint density at radius 3 is 2.92 bits per heavy atom. The Kier molecular flexibility index (Phi) is 4.40. The van der Waals surface area contributed by atoms with Gasteiger partial charge in [-0.15, -0.1) is 10.2 Å². The van der Waals surface area contributed by atoms with E-state index in [9.17, 15) is 14.9 Å². The molecule has 136 valence electrons. The number of amides is 1. The number of carbonyl (C=O) groups is 1. The quantitative estimate of drug-likeness (QED) is 0.618. The number of rotatable bonds is 4. The zero-order chi connectivity index (χ0) is 18.1. The van der Waals surface area contributed by atoms with Crippen molar-refractivity contribution in [2.45, 2.75) is 44.6 Å². The van der Waals surface area contributed by atoms with Crippen LogP contribution < -0.4 is 0 Å². The van der Waals surface area contributed by atoms with Gasteiger partial charge in [-0.2, -0.15) is 0 Å². The van der Waals surface area contributed by atoms with Gasteiger partial charge < -0.3 is 9.47 Å². The fourth-order valence-electron chi connectivity index (χ4n) is 4.00. The van der Waals surface area contributed by atoms with Gasteiger partial charge in [0.25, 0.3) is 5.69 Å². The molecule has 0 unspecified atom stereocenters. The lowest BCUT2D eigenvalue weighted by Crippen LogP contribution is -2.40. The highest BCUT2D eigenvalue weighted by Crippen LogP contribution is 2.29. The van der Waals surface area contributed by atoms with Crippen molar-refractivity contribution in [1.29, 1.82) is 0 Å². The van der Waals surface area contributed by atoms with E-state index in [0.717, 1.165) is 43.9 Å². The second-order valence-corrected chi connectivity index (χ2v) is 6.97. The predicted octanol–water partition coefficient (Wildman–Crippen LogP) is 2.08. The van der Waals surface area contributed by atoms with E-state index in [1.54, 1.807) is 18.2 Å². The molecule has 2 aliphatic rings. The highest BCUT2D eigenvalue weighted by Gasteiger charge is 2.30. The predicted molar refractivity (Wildman–Crippen MR) is 93.7 cm³/mol. The van der Waals surface area contributed by atoms with E-state index in [-0.39, 0.29) is 23.9 Å². The molecule has 1 atom stereocenters. The first-order valence-electron chi connectivity index (χ1n) is 9.05. The molecule has 8 nitrogen and oxygen atoms in total. The van der Waals surface area contributed by atoms with E-state index in [2.05, 4.69) is 14.8 Å². The zero-order valence-electron chi connectivity index (χ0n) is 14.5. The van der Waals surface area contributed by atoms with Crippen LogP contribution in [0.2, 0.25) is 0 Å². The SMILES string of the molecule is O=C(Cc1ccccc1[N+](=O)[O-])N1CCC[C@H](c2nnc3n2CCC3)C1. The van der Waals surface area contributed by atoms with E-state index in [0.29, 0.717) is 18.7 Å². The van der Waals surface area contributed by atoms with Crippen LogP contribution in [0.5, 0.6) is 0 Å². The van der Waals surface area contributed by atoms with Crippen molar-refractivity contribution in [3.63, 3.8) is 0 Å². The van der Waals surface area contributed by atoms with E-state index in [1.165, 1.54) is 6.07 Å². The maximum atomic E-state index is 12.8. The molecule has 1 aromatic heterocycles. The lowest BCUT2D eigenvalue weighted by atomic mass is 9.96. The standard InChI is InChI=1S/C18H21N5O3/c24-17(11-13-5-1-2-7-15(13)23(25)26)21-9-3-6-14(12-21)18-20-19-16-8-4-10-22(16)18/h1-2,5,7,14H,3-4,6,8-12H2/t14-/m0/s1. The zero-order valence-corrected chi connectivity index (χ0v) is 14.5. The maximum Gasteiger partial charge on any atom is 0.273 e. The third kappa shape index (κ3) is 3.07. The number of likely N-dealkylation sites (tertiary alicyclic amines) is 1. The topological polar surface area (TPSA) is 94.2 Å². The number of nitrogens with zero attached hydrogens (tertiary/aromatic N) is 5. The lowest BCUT2D eigenvalue weighted by molar-refractivity contribution is -0.385. The third-order valence-corrected chi connectivity index (χ3v) is 5.31. The molecule has 3 heterocycles. The number of para-hydroxylation sites is 1. The summed E-state index contributed by atoms with van der Waals surface area (Å²) in [6, 6.07) is 6.45. The number of hydrogen-bond acceptors (Lipinski definition) is 5. The minimum Gasteiger partial charge on any atom is -0.342 e. The molecule has 0 aliphatic carbocycles. The molecule has 8 heteroatoms. The van der Waals surface area contributed by atoms with Crippen LogP contribution in [0.1, 0.15) is 42.4 Å². The molecular formula is C18H21N5O3. The first-order chi connectivity index (χ1) is 12.6. The number of nitro benzene ring substituents is 1. The average molecular weight is 355 g/mol. The Morgan fingerprint density at radius 2 is 2.08 bits per heavy atom. The number of fused-ring (bicyclic) bond motifs is 1. The van der Waals surface area contributed by atoms with Crippen molar-refractivity contribution in [2.75, 3.05) is 13.1 Å². The van der Waals surface area contributed by atoms with Gasteiger partial charge in [-0.3, -0.25) is 14.9 Å². The highest BCUT2D eigenvalue weighted by molar-refractivity contribution is 5.80. The Bertz CT molecular complexity index is 847. The van der Waals surface area contributed by atoms with Gasteiger partial charge in [-0.05, 0) is 19.3 Å². The van der Waals surface area contributed by atoms with Gasteiger partial charge >= 0.3 is 0 Å². The Morgan fingerprint density at radius 1 is 1.23 bits per heavy atom. The molecule has 0 spiro atoms. The molecule has 1 fully saturated rings. The fourth-order valence-corrected chi connectivity index (χ4v) is 4.00. The van der Waals surface area contributed by atoms with Crippen LogP contribution in [0.3, 0.4) is 0 Å². The van der Waals surface area contributed by atoms with E-state index >= 15 is 0 Å². The van der Waals surface area contributed by atoms with Crippen LogP contribution in [0, 0.1) is 10.1 Å². The molecule has 2 aromatic rings. The van der Waals surface area contributed by atoms with Crippen LogP contribution in [0.15, 0.2) is 24.3 Å². The van der Waals surface area contributed by atoms with Gasteiger partial charge in [0.1, 0.15) is 11.6 Å². The largest absolute Gasteiger partial charge is 0.342 e. The molecule has 0 bridgehead atoms. The Balaban J connectivity index is 1.48. The van der Waals surface area contributed by atoms with Gasteiger partial charge in [0.2, 0.25) is 5.91 Å². The Hall–Kier alpha value is -2.77. The summed E-state index contributed by atoms with van der Waals surface area (Å²) in [5, 5.41) is 19.8. The molecule has 1 aromatic carbocycles. The summed E-state index contributed by atoms with van der Waals surface area (Å²) in [5.41, 5.74) is 0.470. The molecule has 4 rings (SSSR count). The number of aryl methyl sites for hydroxylation is 1. The summed E-state index contributed by atoms with van der Waals surface area (Å²) in [6.45, 7) is 2.26. The first kappa shape index (κ1) is 16.7. The van der Waals surface area contributed by atoms with Gasteiger partial charge in [0.05, 0.1) is 11.3 Å². The van der Waals surface area contributed by atoms with Crippen LogP contribution in [0.4, 0.5) is 5.69 Å². The minimum atomic E-state index is -0.429. The van der Waals surface area contributed by atoms with Crippen LogP contribution >= 0.6 is 0 Å². The molecule has 26 heavy (non-hydrogen) atoms. The van der Waals surface area contributed by atoms with E-state index < -0.39 is 4.92 Å². The van der Waals surface area contributed by atoms with Crippen molar-refractivity contribution in [3.05, 3.63) is 51.6 Å². The van der Waals surface area contributed by atoms with Crippen molar-refractivity contribution in [2.24, 2.45) is 0 Å². The second kappa shape index (κ2) is 6.86. The smallest absolute Gasteiger partial charge is 0.273 e. The molecular weight excluding hydrogens is 334 g/mol. The number of hydrogen-bond donors (Lipinski definition) is 0. The third-order valence-electron chi connectivity index (χ3n) is 5.31. The number of nitro groups is 1. The first-order valence-corrected chi connectivity index (χ1v) is 9.05. The fraction of sp³-hybridized carbons (Fsp3) is 0.500. The summed E-state index contributed by atoms with van der Waals surface area (Å²) < 4.78 is 2.20. The number of carbonyl (C=O) groups excluding carboxylic acids is 1. The highest BCUT2D eigenvalue weighted by atomic mass is 16.6. The van der Waals surface area contributed by atoms with Gasteiger partial charge in [0, 0.05) is 43.6 Å². The number of piperidine rings is 1. The molecule has 1 amide bonds. The van der Waals surface area contributed by atoms with Gasteiger partial charge in [-0.25, -0.2) is 0 Å². The molecule has 2 aliphatic heterocycles. The van der Waals surface area contributed by atoms with E-state index in [4.69, 9.17) is 0 Å². The van der Waals surface area contributed by atoms with Gasteiger partial charge in [0.15, 0.2) is 0 Å². The average Bonchev–Trinajstić information content (AvgIpc) is 3.25. The summed E-state index contributed by atoms with van der Waals surface area (Å²) in [6.07, 6.45) is 4.04. The maximum absolute atomic E-state index is 12.8. The molecule has 0 radical (unpaired) electrons.